The van der Waals surface area contributed by atoms with Gasteiger partial charge < -0.3 is 9.47 Å². The zero-order valence-electron chi connectivity index (χ0n) is 19.8. The summed E-state index contributed by atoms with van der Waals surface area (Å²) in [4.78, 5) is 22.6. The predicted molar refractivity (Wildman–Crippen MR) is 135 cm³/mol. The minimum Gasteiger partial charge on any atom is -0.492 e. The maximum Gasteiger partial charge on any atom is 0.233 e. The first-order valence-corrected chi connectivity index (χ1v) is 12.6. The molecule has 0 unspecified atom stereocenters. The number of carbonyl (C=O) groups excluding carboxylic acids is 1. The summed E-state index contributed by atoms with van der Waals surface area (Å²) in [7, 11) is 0. The van der Waals surface area contributed by atoms with Gasteiger partial charge in [0.15, 0.2) is 5.13 Å². The van der Waals surface area contributed by atoms with E-state index in [0.29, 0.717) is 19.6 Å². The fourth-order valence-electron chi connectivity index (χ4n) is 4.09. The molecule has 0 radical (unpaired) electrons. The molecule has 0 spiro atoms. The lowest BCUT2D eigenvalue weighted by molar-refractivity contribution is -0.118. The van der Waals surface area contributed by atoms with E-state index < -0.39 is 0 Å². The molecule has 1 fully saturated rings. The molecule has 0 atom stereocenters. The molecule has 0 saturated carbocycles. The molecule has 33 heavy (non-hydrogen) atoms. The van der Waals surface area contributed by atoms with Gasteiger partial charge in [-0.1, -0.05) is 35.6 Å². The van der Waals surface area contributed by atoms with Gasteiger partial charge in [-0.3, -0.25) is 14.6 Å². The Morgan fingerprint density at radius 3 is 2.76 bits per heavy atom. The molecule has 1 aliphatic rings. The minimum absolute atomic E-state index is 0.0808. The average molecular weight is 468 g/mol. The molecule has 1 aromatic heterocycles. The quantitative estimate of drug-likeness (QED) is 0.460. The van der Waals surface area contributed by atoms with Gasteiger partial charge >= 0.3 is 0 Å². The smallest absolute Gasteiger partial charge is 0.233 e. The van der Waals surface area contributed by atoms with Crippen molar-refractivity contribution >= 4 is 32.6 Å². The van der Waals surface area contributed by atoms with Gasteiger partial charge in [0.25, 0.3) is 0 Å². The first-order valence-electron chi connectivity index (χ1n) is 11.7. The first kappa shape index (κ1) is 23.7. The number of thiazole rings is 1. The van der Waals surface area contributed by atoms with Crippen molar-refractivity contribution in [3.63, 3.8) is 0 Å². The molecule has 7 heteroatoms. The molecule has 4 rings (SSSR count). The molecule has 1 aliphatic heterocycles. The summed E-state index contributed by atoms with van der Waals surface area (Å²) >= 11 is 1.56. The van der Waals surface area contributed by atoms with E-state index in [1.807, 2.05) is 30.0 Å². The molecule has 1 saturated heterocycles. The average Bonchev–Trinajstić information content (AvgIpc) is 3.25. The Morgan fingerprint density at radius 2 is 2.00 bits per heavy atom. The summed E-state index contributed by atoms with van der Waals surface area (Å²) in [6.45, 7) is 11.8. The molecule has 0 N–H and O–H groups in total. The number of hydrogen-bond donors (Lipinski definition) is 0. The van der Waals surface area contributed by atoms with Crippen LogP contribution in [0.5, 0.6) is 5.75 Å². The third kappa shape index (κ3) is 5.91. The molecule has 0 aliphatic carbocycles. The maximum absolute atomic E-state index is 13.5. The number of aryl methyl sites for hydroxylation is 2. The van der Waals surface area contributed by atoms with Crippen molar-refractivity contribution in [2.24, 2.45) is 0 Å². The van der Waals surface area contributed by atoms with Crippen LogP contribution < -0.4 is 9.64 Å². The molecular formula is C26H33N3O3S. The van der Waals surface area contributed by atoms with Gasteiger partial charge in [0.05, 0.1) is 30.9 Å². The molecule has 2 aromatic carbocycles. The van der Waals surface area contributed by atoms with Gasteiger partial charge in [0, 0.05) is 26.2 Å². The zero-order valence-corrected chi connectivity index (χ0v) is 20.6. The number of rotatable bonds is 9. The van der Waals surface area contributed by atoms with E-state index in [0.717, 1.165) is 65.9 Å². The third-order valence-electron chi connectivity index (χ3n) is 6.09. The Morgan fingerprint density at radius 1 is 1.18 bits per heavy atom. The fraction of sp³-hybridized carbons (Fsp3) is 0.462. The molecule has 176 valence electrons. The molecule has 6 nitrogen and oxygen atoms in total. The lowest BCUT2D eigenvalue weighted by atomic mass is 10.0. The third-order valence-corrected chi connectivity index (χ3v) is 7.13. The number of morpholine rings is 1. The van der Waals surface area contributed by atoms with Crippen LogP contribution in [0.4, 0.5) is 5.13 Å². The van der Waals surface area contributed by atoms with Crippen LogP contribution in [0.2, 0.25) is 0 Å². The van der Waals surface area contributed by atoms with E-state index in [1.54, 1.807) is 11.3 Å². The summed E-state index contributed by atoms with van der Waals surface area (Å²) in [5.41, 5.74) is 4.32. The Kier molecular flexibility index (Phi) is 7.96. The summed E-state index contributed by atoms with van der Waals surface area (Å²) in [6, 6.07) is 12.2. The van der Waals surface area contributed by atoms with Gasteiger partial charge in [-0.15, -0.1) is 0 Å². The van der Waals surface area contributed by atoms with Gasteiger partial charge in [-0.05, 0) is 56.0 Å². The second-order valence-corrected chi connectivity index (χ2v) is 9.49. The van der Waals surface area contributed by atoms with E-state index >= 15 is 0 Å². The van der Waals surface area contributed by atoms with Crippen molar-refractivity contribution in [2.45, 2.75) is 33.6 Å². The van der Waals surface area contributed by atoms with Crippen molar-refractivity contribution in [1.82, 2.24) is 9.88 Å². The number of benzene rings is 2. The van der Waals surface area contributed by atoms with Crippen molar-refractivity contribution in [1.29, 1.82) is 0 Å². The van der Waals surface area contributed by atoms with E-state index in [4.69, 9.17) is 14.5 Å². The number of fused-ring (bicyclic) bond motifs is 1. The molecular weight excluding hydrogens is 434 g/mol. The minimum atomic E-state index is 0.0808. The van der Waals surface area contributed by atoms with Gasteiger partial charge in [-0.2, -0.15) is 0 Å². The molecule has 3 aromatic rings. The van der Waals surface area contributed by atoms with Crippen LogP contribution in [0.25, 0.3) is 10.2 Å². The van der Waals surface area contributed by atoms with E-state index in [9.17, 15) is 4.79 Å². The van der Waals surface area contributed by atoms with Crippen LogP contribution in [0.1, 0.15) is 30.0 Å². The second kappa shape index (κ2) is 11.1. The fourth-order valence-corrected chi connectivity index (χ4v) is 5.11. The SMILES string of the molecule is CCOc1cccc2sc(N(CCCN3CCOCC3)C(=O)Cc3ccc(C)c(C)c3)nc12. The standard InChI is InChI=1S/C26H33N3O3S/c1-4-32-22-7-5-8-23-25(22)27-26(33-23)29(12-6-11-28-13-15-31-16-14-28)24(30)18-21-10-9-19(2)20(3)17-21/h5,7-10,17H,4,6,11-16,18H2,1-3H3. The molecule has 0 bridgehead atoms. The number of ether oxygens (including phenoxy) is 2. The van der Waals surface area contributed by atoms with Crippen molar-refractivity contribution < 1.29 is 14.3 Å². The zero-order chi connectivity index (χ0) is 23.2. The van der Waals surface area contributed by atoms with E-state index in [-0.39, 0.29) is 5.91 Å². The van der Waals surface area contributed by atoms with E-state index in [2.05, 4.69) is 36.9 Å². The first-order chi connectivity index (χ1) is 16.0. The number of hydrogen-bond acceptors (Lipinski definition) is 6. The lowest BCUT2D eigenvalue weighted by Gasteiger charge is -2.27. The number of amides is 1. The Hall–Kier alpha value is -2.48. The second-order valence-electron chi connectivity index (χ2n) is 8.48. The van der Waals surface area contributed by atoms with Crippen LogP contribution >= 0.6 is 11.3 Å². The summed E-state index contributed by atoms with van der Waals surface area (Å²) < 4.78 is 12.3. The van der Waals surface area contributed by atoms with Crippen LogP contribution in [0.15, 0.2) is 36.4 Å². The Bertz CT molecular complexity index is 1090. The van der Waals surface area contributed by atoms with Crippen LogP contribution in [-0.4, -0.2) is 61.8 Å². The van der Waals surface area contributed by atoms with Gasteiger partial charge in [-0.25, -0.2) is 4.98 Å². The normalized spacial score (nSPS) is 14.5. The van der Waals surface area contributed by atoms with Crippen LogP contribution in [0, 0.1) is 13.8 Å². The van der Waals surface area contributed by atoms with Crippen molar-refractivity contribution in [3.05, 3.63) is 53.1 Å². The van der Waals surface area contributed by atoms with Crippen molar-refractivity contribution in [3.8, 4) is 5.75 Å². The summed E-state index contributed by atoms with van der Waals surface area (Å²) in [6.07, 6.45) is 1.26. The summed E-state index contributed by atoms with van der Waals surface area (Å²) in [5, 5.41) is 0.743. The topological polar surface area (TPSA) is 54.9 Å². The number of nitrogens with zero attached hydrogens (tertiary/aromatic N) is 3. The monoisotopic (exact) mass is 467 g/mol. The summed E-state index contributed by atoms with van der Waals surface area (Å²) in [5.74, 6) is 0.852. The Labute approximate surface area is 200 Å². The highest BCUT2D eigenvalue weighted by Gasteiger charge is 2.22. The van der Waals surface area contributed by atoms with E-state index in [1.165, 1.54) is 11.1 Å². The number of para-hydroxylation sites is 1. The van der Waals surface area contributed by atoms with Crippen molar-refractivity contribution in [2.75, 3.05) is 50.9 Å². The van der Waals surface area contributed by atoms with Gasteiger partial charge in [0.1, 0.15) is 11.3 Å². The number of aromatic nitrogens is 1. The Balaban J connectivity index is 1.56. The lowest BCUT2D eigenvalue weighted by Crippen LogP contribution is -2.39. The highest BCUT2D eigenvalue weighted by atomic mass is 32.1. The van der Waals surface area contributed by atoms with Crippen LogP contribution in [0.3, 0.4) is 0 Å². The number of carbonyl (C=O) groups is 1. The maximum atomic E-state index is 13.5. The highest BCUT2D eigenvalue weighted by molar-refractivity contribution is 7.22. The highest BCUT2D eigenvalue weighted by Crippen LogP contribution is 2.34. The molecule has 2 heterocycles. The van der Waals surface area contributed by atoms with Gasteiger partial charge in [0.2, 0.25) is 5.91 Å². The largest absolute Gasteiger partial charge is 0.492 e. The molecule has 1 amide bonds. The number of anilines is 1. The van der Waals surface area contributed by atoms with Crippen LogP contribution in [-0.2, 0) is 16.0 Å². The predicted octanol–water partition coefficient (Wildman–Crippen LogP) is 4.61.